The second kappa shape index (κ2) is 6.67. The van der Waals surface area contributed by atoms with Crippen molar-refractivity contribution in [3.05, 3.63) is 22.2 Å². The molecule has 0 radical (unpaired) electrons. The molecule has 4 bridgehead atoms. The Balaban J connectivity index is 1.27. The summed E-state index contributed by atoms with van der Waals surface area (Å²) in [6.45, 7) is 4.17. The van der Waals surface area contributed by atoms with Gasteiger partial charge in [0.25, 0.3) is 5.91 Å². The summed E-state index contributed by atoms with van der Waals surface area (Å²) in [4.78, 5) is 22.0. The van der Waals surface area contributed by atoms with E-state index in [0.29, 0.717) is 16.0 Å². The number of anilines is 1. The average molecular weight is 425 g/mol. The number of pyridine rings is 1. The van der Waals surface area contributed by atoms with Gasteiger partial charge in [-0.3, -0.25) is 4.79 Å². The lowest BCUT2D eigenvalue weighted by molar-refractivity contribution is -0.0687. The van der Waals surface area contributed by atoms with Gasteiger partial charge in [0.1, 0.15) is 9.71 Å². The van der Waals surface area contributed by atoms with Crippen LogP contribution >= 0.6 is 11.3 Å². The van der Waals surface area contributed by atoms with Crippen molar-refractivity contribution in [2.75, 3.05) is 19.3 Å². The van der Waals surface area contributed by atoms with E-state index in [1.165, 1.54) is 55.4 Å². The quantitative estimate of drug-likeness (QED) is 0.775. The summed E-state index contributed by atoms with van der Waals surface area (Å²) in [6.07, 6.45) is 9.13. The van der Waals surface area contributed by atoms with Crippen LogP contribution in [0.5, 0.6) is 0 Å². The average Bonchev–Trinajstić information content (AvgIpc) is 3.01. The van der Waals surface area contributed by atoms with E-state index in [1.807, 2.05) is 0 Å². The maximum atomic E-state index is 13.3. The first-order chi connectivity index (χ1) is 14.4. The number of aromatic nitrogens is 1. The SMILES string of the molecule is CC(NC(=O)c1sc2nc3c(cc2c1N)CN(C)CC3)C12CC3CC(CC(C3)C1)C2. The Hall–Kier alpha value is -1.66. The summed E-state index contributed by atoms with van der Waals surface area (Å²) < 4.78 is 0. The molecule has 30 heavy (non-hydrogen) atoms. The van der Waals surface area contributed by atoms with E-state index in [9.17, 15) is 4.79 Å². The zero-order valence-electron chi connectivity index (χ0n) is 18.0. The number of carbonyl (C=O) groups is 1. The Morgan fingerprint density at radius 2 is 1.93 bits per heavy atom. The van der Waals surface area contributed by atoms with Crippen LogP contribution in [0, 0.1) is 23.2 Å². The molecule has 2 aromatic heterocycles. The third-order valence-corrected chi connectivity index (χ3v) is 9.73. The molecule has 0 saturated heterocycles. The number of thiophene rings is 1. The topological polar surface area (TPSA) is 71.2 Å². The maximum Gasteiger partial charge on any atom is 0.263 e. The van der Waals surface area contributed by atoms with Crippen LogP contribution in [-0.4, -0.2) is 35.4 Å². The summed E-state index contributed by atoms with van der Waals surface area (Å²) in [5, 5.41) is 4.33. The minimum atomic E-state index is -0.00571. The lowest BCUT2D eigenvalue weighted by Crippen LogP contribution is -2.55. The monoisotopic (exact) mass is 424 g/mol. The number of fused-ring (bicyclic) bond motifs is 2. The van der Waals surface area contributed by atoms with Crippen molar-refractivity contribution in [1.29, 1.82) is 0 Å². The number of likely N-dealkylation sites (N-methyl/N-ethyl adjacent to an activating group) is 1. The first kappa shape index (κ1) is 19.1. The van der Waals surface area contributed by atoms with Gasteiger partial charge in [-0.1, -0.05) is 0 Å². The van der Waals surface area contributed by atoms with Crippen LogP contribution < -0.4 is 11.1 Å². The highest BCUT2D eigenvalue weighted by atomic mass is 32.1. The number of nitrogen functional groups attached to an aromatic ring is 1. The third-order valence-electron chi connectivity index (χ3n) is 8.62. The lowest BCUT2D eigenvalue weighted by Gasteiger charge is -2.59. The minimum Gasteiger partial charge on any atom is -0.397 e. The molecule has 1 atom stereocenters. The largest absolute Gasteiger partial charge is 0.397 e. The Morgan fingerprint density at radius 1 is 1.27 bits per heavy atom. The van der Waals surface area contributed by atoms with Gasteiger partial charge < -0.3 is 16.0 Å². The molecule has 5 nitrogen and oxygen atoms in total. The zero-order chi connectivity index (χ0) is 20.6. The van der Waals surface area contributed by atoms with Crippen LogP contribution in [0.3, 0.4) is 0 Å². The molecule has 4 fully saturated rings. The van der Waals surface area contributed by atoms with Crippen molar-refractivity contribution in [2.45, 2.75) is 64.5 Å². The van der Waals surface area contributed by atoms with Crippen molar-refractivity contribution in [3.8, 4) is 0 Å². The van der Waals surface area contributed by atoms with Gasteiger partial charge in [-0.25, -0.2) is 4.98 Å². The van der Waals surface area contributed by atoms with E-state index < -0.39 is 0 Å². The molecule has 1 amide bonds. The second-order valence-electron chi connectivity index (χ2n) is 10.8. The van der Waals surface area contributed by atoms with Crippen LogP contribution in [0.4, 0.5) is 5.69 Å². The normalized spacial score (nSPS) is 33.6. The highest BCUT2D eigenvalue weighted by molar-refractivity contribution is 7.21. The van der Waals surface area contributed by atoms with Gasteiger partial charge in [0.15, 0.2) is 0 Å². The van der Waals surface area contributed by atoms with Gasteiger partial charge in [-0.05, 0) is 87.3 Å². The molecule has 7 rings (SSSR count). The summed E-state index contributed by atoms with van der Waals surface area (Å²) in [5.41, 5.74) is 9.80. The predicted octanol–water partition coefficient (Wildman–Crippen LogP) is 4.20. The smallest absolute Gasteiger partial charge is 0.263 e. The van der Waals surface area contributed by atoms with Crippen LogP contribution in [0.1, 0.15) is 66.4 Å². The third kappa shape index (κ3) is 2.90. The molecule has 4 saturated carbocycles. The van der Waals surface area contributed by atoms with E-state index in [1.54, 1.807) is 0 Å². The fourth-order valence-corrected chi connectivity index (χ4v) is 8.43. The minimum absolute atomic E-state index is 0.00571. The van der Waals surface area contributed by atoms with E-state index in [0.717, 1.165) is 53.2 Å². The summed E-state index contributed by atoms with van der Waals surface area (Å²) in [7, 11) is 2.13. The van der Waals surface area contributed by atoms with Gasteiger partial charge >= 0.3 is 0 Å². The second-order valence-corrected chi connectivity index (χ2v) is 11.8. The Bertz CT molecular complexity index is 993. The molecule has 4 aliphatic carbocycles. The van der Waals surface area contributed by atoms with Gasteiger partial charge in [-0.15, -0.1) is 11.3 Å². The van der Waals surface area contributed by atoms with E-state index >= 15 is 0 Å². The highest BCUT2D eigenvalue weighted by Gasteiger charge is 2.53. The highest BCUT2D eigenvalue weighted by Crippen LogP contribution is 2.61. The first-order valence-electron chi connectivity index (χ1n) is 11.6. The van der Waals surface area contributed by atoms with Crippen LogP contribution in [0.15, 0.2) is 6.07 Å². The Morgan fingerprint density at radius 3 is 2.60 bits per heavy atom. The number of hydrogen-bond donors (Lipinski definition) is 2. The molecule has 1 aliphatic heterocycles. The van der Waals surface area contributed by atoms with E-state index in [2.05, 4.69) is 30.3 Å². The summed E-state index contributed by atoms with van der Waals surface area (Å²) >= 11 is 1.46. The number of nitrogens with zero attached hydrogens (tertiary/aromatic N) is 2. The molecule has 160 valence electrons. The fourth-order valence-electron chi connectivity index (χ4n) is 7.43. The molecule has 3 heterocycles. The van der Waals surface area contributed by atoms with E-state index in [-0.39, 0.29) is 11.9 Å². The van der Waals surface area contributed by atoms with Crippen molar-refractivity contribution in [2.24, 2.45) is 23.2 Å². The summed E-state index contributed by atoms with van der Waals surface area (Å²) in [6, 6.07) is 2.37. The molecule has 1 unspecified atom stereocenters. The standard InChI is InChI=1S/C24H32N4OS/c1-13(24-9-14-5-15(10-24)7-16(6-14)11-24)26-22(29)21-20(25)18-8-17-12-28(2)4-3-19(17)27-23(18)30-21/h8,13-16H,3-7,9-12,25H2,1-2H3,(H,26,29). The van der Waals surface area contributed by atoms with Gasteiger partial charge in [0.2, 0.25) is 0 Å². The van der Waals surface area contributed by atoms with Crippen molar-refractivity contribution in [3.63, 3.8) is 0 Å². The van der Waals surface area contributed by atoms with Crippen molar-refractivity contribution < 1.29 is 4.79 Å². The number of nitrogens with one attached hydrogen (secondary N) is 1. The Labute approximate surface area is 182 Å². The van der Waals surface area contributed by atoms with Crippen LogP contribution in [-0.2, 0) is 13.0 Å². The van der Waals surface area contributed by atoms with Crippen LogP contribution in [0.25, 0.3) is 10.2 Å². The van der Waals surface area contributed by atoms with Crippen LogP contribution in [0.2, 0.25) is 0 Å². The van der Waals surface area contributed by atoms with Gasteiger partial charge in [0.05, 0.1) is 5.69 Å². The predicted molar refractivity (Wildman–Crippen MR) is 122 cm³/mol. The molecule has 3 N–H and O–H groups in total. The molecular weight excluding hydrogens is 392 g/mol. The lowest BCUT2D eigenvalue weighted by atomic mass is 9.48. The number of nitrogens with two attached hydrogens (primary N) is 1. The fraction of sp³-hybridized carbons (Fsp3) is 0.667. The number of carbonyl (C=O) groups excluding carboxylic acids is 1. The number of amides is 1. The van der Waals surface area contributed by atoms with Gasteiger partial charge in [-0.2, -0.15) is 0 Å². The van der Waals surface area contributed by atoms with E-state index in [4.69, 9.17) is 10.7 Å². The molecular formula is C24H32N4OS. The molecule has 5 aliphatic rings. The zero-order valence-corrected chi connectivity index (χ0v) is 18.9. The maximum absolute atomic E-state index is 13.3. The Kier molecular flexibility index (Phi) is 4.24. The molecule has 0 spiro atoms. The van der Waals surface area contributed by atoms with Crippen molar-refractivity contribution >= 4 is 33.1 Å². The molecule has 6 heteroatoms. The number of rotatable bonds is 3. The summed E-state index contributed by atoms with van der Waals surface area (Å²) in [5.74, 6) is 2.66. The molecule has 2 aromatic rings. The molecule has 0 aromatic carbocycles. The first-order valence-corrected chi connectivity index (χ1v) is 12.4. The van der Waals surface area contributed by atoms with Gasteiger partial charge in [0, 0.05) is 36.6 Å². The number of hydrogen-bond acceptors (Lipinski definition) is 5. The van der Waals surface area contributed by atoms with Crippen molar-refractivity contribution in [1.82, 2.24) is 15.2 Å².